The molecule has 0 amide bonds. The van der Waals surface area contributed by atoms with E-state index in [2.05, 4.69) is 57.6 Å². The van der Waals surface area contributed by atoms with Crippen molar-refractivity contribution in [3.8, 4) is 0 Å². The van der Waals surface area contributed by atoms with Gasteiger partial charge in [-0.15, -0.1) is 0 Å². The Kier molecular flexibility index (Phi) is 10.9. The van der Waals surface area contributed by atoms with E-state index in [-0.39, 0.29) is 0 Å². The SMILES string of the molecule is Brc1ccccc1.NCc1ccccc1.c1ccc(CNc2ccccc2)cc1. The van der Waals surface area contributed by atoms with Gasteiger partial charge in [0.25, 0.3) is 0 Å². The number of hydrogen-bond donors (Lipinski definition) is 2. The summed E-state index contributed by atoms with van der Waals surface area (Å²) in [6.07, 6.45) is 0. The van der Waals surface area contributed by atoms with E-state index in [0.717, 1.165) is 16.7 Å². The predicted octanol–water partition coefficient (Wildman–Crippen LogP) is 6.89. The van der Waals surface area contributed by atoms with Crippen LogP contribution in [0.2, 0.25) is 0 Å². The van der Waals surface area contributed by atoms with Crippen LogP contribution in [0.3, 0.4) is 0 Å². The van der Waals surface area contributed by atoms with Crippen molar-refractivity contribution in [1.29, 1.82) is 0 Å². The van der Waals surface area contributed by atoms with Crippen LogP contribution in [-0.2, 0) is 13.1 Å². The van der Waals surface area contributed by atoms with Gasteiger partial charge in [0.2, 0.25) is 0 Å². The third-order valence-electron chi connectivity index (χ3n) is 3.92. The minimum atomic E-state index is 0.640. The van der Waals surface area contributed by atoms with Gasteiger partial charge in [-0.3, -0.25) is 0 Å². The molecule has 3 N–H and O–H groups in total. The fourth-order valence-corrected chi connectivity index (χ4v) is 2.69. The molecule has 0 aliphatic heterocycles. The van der Waals surface area contributed by atoms with Crippen molar-refractivity contribution in [3.63, 3.8) is 0 Å². The molecule has 0 radical (unpaired) electrons. The summed E-state index contributed by atoms with van der Waals surface area (Å²) in [5.74, 6) is 0. The number of rotatable bonds is 4. The molecule has 0 atom stereocenters. The van der Waals surface area contributed by atoms with E-state index >= 15 is 0 Å². The molecule has 0 bridgehead atoms. The van der Waals surface area contributed by atoms with Gasteiger partial charge < -0.3 is 11.1 Å². The van der Waals surface area contributed by atoms with Gasteiger partial charge in [0.15, 0.2) is 0 Å². The highest BCUT2D eigenvalue weighted by Gasteiger charge is 1.90. The number of nitrogens with one attached hydrogen (secondary N) is 1. The first-order chi connectivity index (χ1) is 14.3. The normalized spacial score (nSPS) is 9.31. The molecule has 3 heteroatoms. The second kappa shape index (κ2) is 14.2. The standard InChI is InChI=1S/C13H13N.C7H9N.C6H5Br/c1-3-7-12(8-4-1)11-14-13-9-5-2-6-10-13;8-6-7-4-2-1-3-5-7;7-6-4-2-1-3-5-6/h1-10,14H,11H2;1-5H,6,8H2;1-5H. The first-order valence-corrected chi connectivity index (χ1v) is 10.3. The molecule has 29 heavy (non-hydrogen) atoms. The zero-order chi connectivity index (χ0) is 20.6. The lowest BCUT2D eigenvalue weighted by Gasteiger charge is -2.05. The number of para-hydroxylation sites is 1. The molecule has 0 aromatic heterocycles. The monoisotopic (exact) mass is 446 g/mol. The van der Waals surface area contributed by atoms with Gasteiger partial charge in [0.1, 0.15) is 0 Å². The Balaban J connectivity index is 0.000000170. The third-order valence-corrected chi connectivity index (χ3v) is 4.45. The number of anilines is 1. The Morgan fingerprint density at radius 3 is 1.34 bits per heavy atom. The molecule has 0 unspecified atom stereocenters. The number of benzene rings is 4. The van der Waals surface area contributed by atoms with Crippen molar-refractivity contribution in [3.05, 3.63) is 137 Å². The molecule has 4 aromatic carbocycles. The topological polar surface area (TPSA) is 38.0 Å². The van der Waals surface area contributed by atoms with Crippen LogP contribution in [0.15, 0.2) is 126 Å². The summed E-state index contributed by atoms with van der Waals surface area (Å²) in [5, 5.41) is 3.36. The largest absolute Gasteiger partial charge is 0.381 e. The van der Waals surface area contributed by atoms with Crippen molar-refractivity contribution >= 4 is 21.6 Å². The first-order valence-electron chi connectivity index (χ1n) is 9.55. The maximum Gasteiger partial charge on any atom is 0.0400 e. The highest BCUT2D eigenvalue weighted by atomic mass is 79.9. The smallest absolute Gasteiger partial charge is 0.0400 e. The number of nitrogens with two attached hydrogens (primary N) is 1. The van der Waals surface area contributed by atoms with Crippen molar-refractivity contribution in [2.45, 2.75) is 13.1 Å². The second-order valence-electron chi connectivity index (χ2n) is 6.19. The van der Waals surface area contributed by atoms with Gasteiger partial charge in [-0.1, -0.05) is 113 Å². The lowest BCUT2D eigenvalue weighted by molar-refractivity contribution is 1.07. The molecular weight excluding hydrogens is 420 g/mol. The molecule has 0 aliphatic rings. The van der Waals surface area contributed by atoms with E-state index in [1.807, 2.05) is 84.9 Å². The van der Waals surface area contributed by atoms with Crippen LogP contribution in [0.25, 0.3) is 0 Å². The fourth-order valence-electron chi connectivity index (χ4n) is 2.38. The Hall–Kier alpha value is -2.88. The molecule has 0 aliphatic carbocycles. The first kappa shape index (κ1) is 22.4. The quantitative estimate of drug-likeness (QED) is 0.357. The van der Waals surface area contributed by atoms with Crippen molar-refractivity contribution in [2.75, 3.05) is 5.32 Å². The average molecular weight is 447 g/mol. The molecule has 2 nitrogen and oxygen atoms in total. The fraction of sp³-hybridized carbons (Fsp3) is 0.0769. The van der Waals surface area contributed by atoms with E-state index in [4.69, 9.17) is 5.73 Å². The lowest BCUT2D eigenvalue weighted by atomic mass is 10.2. The number of halogens is 1. The predicted molar refractivity (Wildman–Crippen MR) is 129 cm³/mol. The molecule has 4 aromatic rings. The highest BCUT2D eigenvalue weighted by molar-refractivity contribution is 9.10. The third kappa shape index (κ3) is 10.3. The van der Waals surface area contributed by atoms with Crippen LogP contribution >= 0.6 is 15.9 Å². The second-order valence-corrected chi connectivity index (χ2v) is 7.11. The lowest BCUT2D eigenvalue weighted by Crippen LogP contribution is -1.98. The summed E-state index contributed by atoms with van der Waals surface area (Å²) in [6, 6.07) is 40.6. The summed E-state index contributed by atoms with van der Waals surface area (Å²) >= 11 is 3.31. The van der Waals surface area contributed by atoms with Gasteiger partial charge in [0, 0.05) is 23.2 Å². The molecule has 0 saturated heterocycles. The van der Waals surface area contributed by atoms with E-state index in [1.54, 1.807) is 0 Å². The van der Waals surface area contributed by atoms with Crippen LogP contribution in [0.5, 0.6) is 0 Å². The summed E-state index contributed by atoms with van der Waals surface area (Å²) < 4.78 is 1.13. The van der Waals surface area contributed by atoms with E-state index in [1.165, 1.54) is 11.1 Å². The molecule has 4 rings (SSSR count). The van der Waals surface area contributed by atoms with E-state index < -0.39 is 0 Å². The van der Waals surface area contributed by atoms with Crippen LogP contribution in [0.1, 0.15) is 11.1 Å². The Labute approximate surface area is 182 Å². The minimum absolute atomic E-state index is 0.640. The summed E-state index contributed by atoms with van der Waals surface area (Å²) in [6.45, 7) is 1.52. The van der Waals surface area contributed by atoms with Crippen molar-refractivity contribution in [1.82, 2.24) is 0 Å². The van der Waals surface area contributed by atoms with Gasteiger partial charge in [-0.2, -0.15) is 0 Å². The minimum Gasteiger partial charge on any atom is -0.381 e. The Morgan fingerprint density at radius 2 is 0.966 bits per heavy atom. The Bertz CT molecular complexity index is 843. The molecule has 0 fully saturated rings. The number of hydrogen-bond acceptors (Lipinski definition) is 2. The molecular formula is C26H27BrN2. The zero-order valence-corrected chi connectivity index (χ0v) is 18.0. The van der Waals surface area contributed by atoms with Gasteiger partial charge in [0.05, 0.1) is 0 Å². The van der Waals surface area contributed by atoms with Crippen LogP contribution in [0.4, 0.5) is 5.69 Å². The van der Waals surface area contributed by atoms with Crippen molar-refractivity contribution in [2.24, 2.45) is 5.73 Å². The maximum absolute atomic E-state index is 5.35. The Morgan fingerprint density at radius 1 is 0.552 bits per heavy atom. The summed E-state index contributed by atoms with van der Waals surface area (Å²) in [7, 11) is 0. The van der Waals surface area contributed by atoms with Crippen LogP contribution in [0, 0.1) is 0 Å². The van der Waals surface area contributed by atoms with E-state index in [9.17, 15) is 0 Å². The highest BCUT2D eigenvalue weighted by Crippen LogP contribution is 2.07. The van der Waals surface area contributed by atoms with Gasteiger partial charge in [-0.25, -0.2) is 0 Å². The molecule has 0 saturated carbocycles. The van der Waals surface area contributed by atoms with Crippen LogP contribution in [-0.4, -0.2) is 0 Å². The molecule has 148 valence electrons. The molecule has 0 heterocycles. The van der Waals surface area contributed by atoms with Gasteiger partial charge >= 0.3 is 0 Å². The van der Waals surface area contributed by atoms with Gasteiger partial charge in [-0.05, 0) is 35.4 Å². The summed E-state index contributed by atoms with van der Waals surface area (Å²) in [4.78, 5) is 0. The maximum atomic E-state index is 5.35. The average Bonchev–Trinajstić information content (AvgIpc) is 2.81. The van der Waals surface area contributed by atoms with Crippen LogP contribution < -0.4 is 11.1 Å². The van der Waals surface area contributed by atoms with Crippen molar-refractivity contribution < 1.29 is 0 Å². The summed E-state index contributed by atoms with van der Waals surface area (Å²) in [5.41, 5.74) is 9.00. The zero-order valence-electron chi connectivity index (χ0n) is 16.4. The molecule has 0 spiro atoms. The van der Waals surface area contributed by atoms with E-state index in [0.29, 0.717) is 6.54 Å².